The predicted molar refractivity (Wildman–Crippen MR) is 109 cm³/mol. The molecule has 134 valence electrons. The molecule has 0 amide bonds. The number of nitrogens with one attached hydrogen (secondary N) is 2. The standard InChI is InChI=1S/C16H25N5OS.HI/c1-10-12(23-11(2)21-10)7-19-15(17-6)20-9-14-18-8-13(22-14)16(3,4)5;/h8H,7,9H2,1-6H3,(H2,17,19,20);1H. The molecule has 2 rings (SSSR count). The van der Waals surface area contributed by atoms with E-state index in [0.717, 1.165) is 16.5 Å². The van der Waals surface area contributed by atoms with Crippen molar-refractivity contribution < 1.29 is 4.42 Å². The second kappa shape index (κ2) is 8.80. The molecule has 6 nitrogen and oxygen atoms in total. The normalized spacial score (nSPS) is 12.0. The number of aliphatic imine (C=N–C) groups is 1. The fourth-order valence-corrected chi connectivity index (χ4v) is 2.90. The maximum Gasteiger partial charge on any atom is 0.213 e. The summed E-state index contributed by atoms with van der Waals surface area (Å²) in [6, 6.07) is 0. The minimum absolute atomic E-state index is 0. The zero-order valence-electron chi connectivity index (χ0n) is 15.1. The molecule has 0 bridgehead atoms. The first-order valence-corrected chi connectivity index (χ1v) is 8.44. The summed E-state index contributed by atoms with van der Waals surface area (Å²) >= 11 is 1.70. The van der Waals surface area contributed by atoms with Crippen LogP contribution in [0.4, 0.5) is 0 Å². The highest BCUT2D eigenvalue weighted by Gasteiger charge is 2.19. The van der Waals surface area contributed by atoms with Gasteiger partial charge >= 0.3 is 0 Å². The van der Waals surface area contributed by atoms with Gasteiger partial charge in [-0.15, -0.1) is 35.3 Å². The van der Waals surface area contributed by atoms with Crippen LogP contribution in [0.3, 0.4) is 0 Å². The molecular formula is C16H26IN5OS. The molecule has 2 N–H and O–H groups in total. The van der Waals surface area contributed by atoms with Crippen molar-refractivity contribution in [3.8, 4) is 0 Å². The van der Waals surface area contributed by atoms with E-state index < -0.39 is 0 Å². The van der Waals surface area contributed by atoms with Crippen molar-refractivity contribution >= 4 is 41.3 Å². The van der Waals surface area contributed by atoms with Gasteiger partial charge in [0, 0.05) is 17.3 Å². The zero-order valence-corrected chi connectivity index (χ0v) is 18.2. The van der Waals surface area contributed by atoms with Crippen molar-refractivity contribution in [2.75, 3.05) is 7.05 Å². The third-order valence-corrected chi connectivity index (χ3v) is 4.41. The van der Waals surface area contributed by atoms with E-state index in [2.05, 4.69) is 46.4 Å². The molecule has 2 aromatic rings. The van der Waals surface area contributed by atoms with Gasteiger partial charge < -0.3 is 15.1 Å². The SMILES string of the molecule is CN=C(NCc1ncc(C(C)(C)C)o1)NCc1sc(C)nc1C.I. The van der Waals surface area contributed by atoms with Crippen LogP contribution in [0.25, 0.3) is 0 Å². The number of halogens is 1. The van der Waals surface area contributed by atoms with Gasteiger partial charge in [0.25, 0.3) is 0 Å². The summed E-state index contributed by atoms with van der Waals surface area (Å²) in [5, 5.41) is 7.58. The van der Waals surface area contributed by atoms with Crippen molar-refractivity contribution in [3.63, 3.8) is 0 Å². The average Bonchev–Trinajstić information content (AvgIpc) is 3.05. The fraction of sp³-hybridized carbons (Fsp3) is 0.562. The smallest absolute Gasteiger partial charge is 0.213 e. The number of aromatic nitrogens is 2. The number of hydrogen-bond acceptors (Lipinski definition) is 5. The lowest BCUT2D eigenvalue weighted by molar-refractivity contribution is 0.379. The molecule has 0 radical (unpaired) electrons. The van der Waals surface area contributed by atoms with Crippen LogP contribution in [0.1, 0.15) is 48.0 Å². The lowest BCUT2D eigenvalue weighted by Crippen LogP contribution is -2.36. The van der Waals surface area contributed by atoms with Crippen LogP contribution in [0.2, 0.25) is 0 Å². The van der Waals surface area contributed by atoms with Crippen molar-refractivity contribution in [1.29, 1.82) is 0 Å². The van der Waals surface area contributed by atoms with Crippen LogP contribution in [0, 0.1) is 13.8 Å². The molecule has 24 heavy (non-hydrogen) atoms. The van der Waals surface area contributed by atoms with Gasteiger partial charge in [0.2, 0.25) is 5.89 Å². The Morgan fingerprint density at radius 2 is 1.92 bits per heavy atom. The predicted octanol–water partition coefficient (Wildman–Crippen LogP) is 3.53. The number of oxazole rings is 1. The van der Waals surface area contributed by atoms with Crippen LogP contribution >= 0.6 is 35.3 Å². The number of nitrogens with zero attached hydrogens (tertiary/aromatic N) is 3. The van der Waals surface area contributed by atoms with E-state index in [9.17, 15) is 0 Å². The van der Waals surface area contributed by atoms with Crippen LogP contribution in [-0.4, -0.2) is 23.0 Å². The van der Waals surface area contributed by atoms with Crippen LogP contribution in [0.15, 0.2) is 15.6 Å². The third-order valence-electron chi connectivity index (χ3n) is 3.34. The van der Waals surface area contributed by atoms with E-state index in [0.29, 0.717) is 24.9 Å². The summed E-state index contributed by atoms with van der Waals surface area (Å²) in [4.78, 5) is 14.2. The molecular weight excluding hydrogens is 437 g/mol. The Kier molecular flexibility index (Phi) is 7.65. The summed E-state index contributed by atoms with van der Waals surface area (Å²) < 4.78 is 5.76. The molecule has 0 aliphatic heterocycles. The van der Waals surface area contributed by atoms with E-state index >= 15 is 0 Å². The van der Waals surface area contributed by atoms with E-state index in [1.165, 1.54) is 4.88 Å². The summed E-state index contributed by atoms with van der Waals surface area (Å²) in [7, 11) is 1.75. The first-order valence-electron chi connectivity index (χ1n) is 7.62. The van der Waals surface area contributed by atoms with Crippen molar-refractivity contribution in [2.45, 2.75) is 53.1 Å². The Morgan fingerprint density at radius 3 is 2.42 bits per heavy atom. The van der Waals surface area contributed by atoms with Gasteiger partial charge in [-0.1, -0.05) is 20.8 Å². The molecule has 2 aromatic heterocycles. The maximum absolute atomic E-state index is 5.76. The summed E-state index contributed by atoms with van der Waals surface area (Å²) in [6.07, 6.45) is 1.79. The van der Waals surface area contributed by atoms with Crippen LogP contribution < -0.4 is 10.6 Å². The molecule has 0 aliphatic rings. The topological polar surface area (TPSA) is 75.3 Å². The number of hydrogen-bond donors (Lipinski definition) is 2. The molecule has 0 aromatic carbocycles. The molecule has 0 unspecified atom stereocenters. The van der Waals surface area contributed by atoms with Gasteiger partial charge in [0.1, 0.15) is 5.76 Å². The minimum atomic E-state index is -0.0350. The largest absolute Gasteiger partial charge is 0.443 e. The summed E-state index contributed by atoms with van der Waals surface area (Å²) in [6.45, 7) is 11.5. The Hall–Kier alpha value is -1.16. The van der Waals surface area contributed by atoms with Gasteiger partial charge in [0.15, 0.2) is 5.96 Å². The first-order chi connectivity index (χ1) is 10.8. The molecule has 0 saturated heterocycles. The molecule has 0 saturated carbocycles. The zero-order chi connectivity index (χ0) is 17.0. The molecule has 2 heterocycles. The Balaban J connectivity index is 0.00000288. The van der Waals surface area contributed by atoms with Gasteiger partial charge in [-0.05, 0) is 13.8 Å². The summed E-state index contributed by atoms with van der Waals surface area (Å²) in [5.74, 6) is 2.25. The molecule has 0 fully saturated rings. The third kappa shape index (κ3) is 5.73. The van der Waals surface area contributed by atoms with Crippen molar-refractivity contribution in [1.82, 2.24) is 20.6 Å². The maximum atomic E-state index is 5.76. The van der Waals surface area contributed by atoms with E-state index in [1.54, 1.807) is 24.6 Å². The lowest BCUT2D eigenvalue weighted by atomic mass is 9.94. The highest BCUT2D eigenvalue weighted by atomic mass is 127. The Morgan fingerprint density at radius 1 is 1.25 bits per heavy atom. The second-order valence-corrected chi connectivity index (χ2v) is 7.68. The quantitative estimate of drug-likeness (QED) is 0.412. The van der Waals surface area contributed by atoms with Crippen molar-refractivity contribution in [3.05, 3.63) is 33.4 Å². The van der Waals surface area contributed by atoms with E-state index in [1.807, 2.05) is 13.8 Å². The van der Waals surface area contributed by atoms with Gasteiger partial charge in [-0.3, -0.25) is 4.99 Å². The van der Waals surface area contributed by atoms with E-state index in [-0.39, 0.29) is 29.4 Å². The molecule has 0 spiro atoms. The highest BCUT2D eigenvalue weighted by Crippen LogP contribution is 2.22. The number of rotatable bonds is 4. The summed E-state index contributed by atoms with van der Waals surface area (Å²) in [5.41, 5.74) is 1.03. The fourth-order valence-electron chi connectivity index (χ4n) is 2.02. The van der Waals surface area contributed by atoms with Gasteiger partial charge in [-0.2, -0.15) is 0 Å². The Labute approximate surface area is 164 Å². The number of thiazole rings is 1. The van der Waals surface area contributed by atoms with Crippen LogP contribution in [0.5, 0.6) is 0 Å². The first kappa shape index (κ1) is 20.9. The number of aryl methyl sites for hydroxylation is 2. The van der Waals surface area contributed by atoms with Gasteiger partial charge in [-0.25, -0.2) is 9.97 Å². The molecule has 0 aliphatic carbocycles. The second-order valence-electron chi connectivity index (χ2n) is 6.39. The highest BCUT2D eigenvalue weighted by molar-refractivity contribution is 14.0. The molecule has 0 atom stereocenters. The monoisotopic (exact) mass is 463 g/mol. The lowest BCUT2D eigenvalue weighted by Gasteiger charge is -2.13. The average molecular weight is 463 g/mol. The van der Waals surface area contributed by atoms with Crippen molar-refractivity contribution in [2.24, 2.45) is 4.99 Å². The Bertz CT molecular complexity index is 687. The molecule has 8 heteroatoms. The van der Waals surface area contributed by atoms with E-state index in [4.69, 9.17) is 4.42 Å². The minimum Gasteiger partial charge on any atom is -0.443 e. The van der Waals surface area contributed by atoms with Gasteiger partial charge in [0.05, 0.1) is 30.0 Å². The van der Waals surface area contributed by atoms with Crippen LogP contribution in [-0.2, 0) is 18.5 Å². The number of guanidine groups is 1.